The average Bonchev–Trinajstić information content (AvgIpc) is 2.69. The van der Waals surface area contributed by atoms with Gasteiger partial charge in [-0.1, -0.05) is 18.2 Å². The first-order valence-corrected chi connectivity index (χ1v) is 9.47. The number of halogens is 1. The highest BCUT2D eigenvalue weighted by Crippen LogP contribution is 2.36. The van der Waals surface area contributed by atoms with Crippen molar-refractivity contribution < 1.29 is 14.2 Å². The van der Waals surface area contributed by atoms with E-state index in [2.05, 4.69) is 31.6 Å². The molecule has 0 bridgehead atoms. The van der Waals surface area contributed by atoms with Gasteiger partial charge in [0.2, 0.25) is 0 Å². The van der Waals surface area contributed by atoms with Crippen LogP contribution in [0.5, 0.6) is 17.2 Å². The maximum absolute atomic E-state index is 5.66. The van der Waals surface area contributed by atoms with Gasteiger partial charge in [-0.3, -0.25) is 4.99 Å². The minimum absolute atomic E-state index is 0.589. The van der Waals surface area contributed by atoms with Crippen molar-refractivity contribution in [3.8, 4) is 17.2 Å². The van der Waals surface area contributed by atoms with Crippen LogP contribution in [0, 0.1) is 0 Å². The molecule has 2 aromatic carbocycles. The predicted molar refractivity (Wildman–Crippen MR) is 112 cm³/mol. The Balaban J connectivity index is 2.00. The van der Waals surface area contributed by atoms with Gasteiger partial charge in [0.05, 0.1) is 25.3 Å². The van der Waals surface area contributed by atoms with E-state index >= 15 is 0 Å². The number of methoxy groups -OCH3 is 2. The molecule has 2 N–H and O–H groups in total. The Bertz CT molecular complexity index is 781. The number of para-hydroxylation sites is 1. The van der Waals surface area contributed by atoms with Crippen LogP contribution in [0.3, 0.4) is 0 Å². The zero-order valence-corrected chi connectivity index (χ0v) is 17.7. The van der Waals surface area contributed by atoms with Crippen molar-refractivity contribution in [3.05, 3.63) is 52.0 Å². The Hall–Kier alpha value is -2.41. The van der Waals surface area contributed by atoms with Gasteiger partial charge in [0, 0.05) is 25.7 Å². The normalized spacial score (nSPS) is 11.1. The topological polar surface area (TPSA) is 64.1 Å². The molecule has 7 heteroatoms. The minimum Gasteiger partial charge on any atom is -0.494 e. The van der Waals surface area contributed by atoms with Gasteiger partial charge in [0.25, 0.3) is 0 Å². The van der Waals surface area contributed by atoms with Crippen LogP contribution in [0.4, 0.5) is 0 Å². The number of ether oxygens (including phenoxy) is 3. The highest BCUT2D eigenvalue weighted by Gasteiger charge is 2.11. The molecule has 0 fully saturated rings. The summed E-state index contributed by atoms with van der Waals surface area (Å²) in [5.74, 6) is 2.94. The molecule has 2 rings (SSSR count). The Morgan fingerprint density at radius 1 is 1.04 bits per heavy atom. The second-order valence-corrected chi connectivity index (χ2v) is 6.49. The first kappa shape index (κ1) is 20.9. The largest absolute Gasteiger partial charge is 0.494 e. The number of guanidine groups is 1. The van der Waals surface area contributed by atoms with Crippen molar-refractivity contribution in [3.63, 3.8) is 0 Å². The van der Waals surface area contributed by atoms with E-state index in [0.717, 1.165) is 21.3 Å². The van der Waals surface area contributed by atoms with Gasteiger partial charge in [-0.15, -0.1) is 0 Å². The zero-order chi connectivity index (χ0) is 19.6. The molecule has 0 radical (unpaired) electrons. The van der Waals surface area contributed by atoms with Gasteiger partial charge in [0.15, 0.2) is 17.5 Å². The number of hydrogen-bond acceptors (Lipinski definition) is 4. The monoisotopic (exact) mass is 435 g/mol. The molecule has 0 aromatic heterocycles. The maximum Gasteiger partial charge on any atom is 0.191 e. The summed E-state index contributed by atoms with van der Waals surface area (Å²) in [4.78, 5) is 4.28. The molecule has 0 aliphatic heterocycles. The van der Waals surface area contributed by atoms with E-state index in [1.165, 1.54) is 0 Å². The lowest BCUT2D eigenvalue weighted by molar-refractivity contribution is 0.336. The Kier molecular flexibility index (Phi) is 8.26. The Morgan fingerprint density at radius 2 is 1.78 bits per heavy atom. The molecule has 0 amide bonds. The molecule has 27 heavy (non-hydrogen) atoms. The summed E-state index contributed by atoms with van der Waals surface area (Å²) in [6.45, 7) is 3.82. The fraction of sp³-hybridized carbons (Fsp3) is 0.350. The van der Waals surface area contributed by atoms with E-state index in [9.17, 15) is 0 Å². The third-order valence-corrected chi connectivity index (χ3v) is 4.48. The van der Waals surface area contributed by atoms with Crippen LogP contribution in [-0.4, -0.2) is 33.8 Å². The molecule has 0 atom stereocenters. The zero-order valence-electron chi connectivity index (χ0n) is 16.1. The van der Waals surface area contributed by atoms with E-state index in [0.29, 0.717) is 37.2 Å². The maximum atomic E-state index is 5.66. The van der Waals surface area contributed by atoms with Crippen LogP contribution in [-0.2, 0) is 13.1 Å². The van der Waals surface area contributed by atoms with Crippen molar-refractivity contribution >= 4 is 21.9 Å². The predicted octanol–water partition coefficient (Wildman–Crippen LogP) is 3.73. The van der Waals surface area contributed by atoms with Gasteiger partial charge >= 0.3 is 0 Å². The lowest BCUT2D eigenvalue weighted by Crippen LogP contribution is -2.36. The molecule has 0 unspecified atom stereocenters. The molecular weight excluding hydrogens is 410 g/mol. The van der Waals surface area contributed by atoms with Crippen LogP contribution in [0.25, 0.3) is 0 Å². The molecule has 0 heterocycles. The molecule has 6 nitrogen and oxygen atoms in total. The van der Waals surface area contributed by atoms with Crippen LogP contribution < -0.4 is 24.8 Å². The summed E-state index contributed by atoms with van der Waals surface area (Å²) in [7, 11) is 4.98. The summed E-state index contributed by atoms with van der Waals surface area (Å²) >= 11 is 3.51. The number of rotatable bonds is 8. The third kappa shape index (κ3) is 5.79. The quantitative estimate of drug-likeness (QED) is 0.488. The molecular formula is C20H26BrN3O3. The summed E-state index contributed by atoms with van der Waals surface area (Å²) in [6, 6.07) is 11.9. The van der Waals surface area contributed by atoms with Gasteiger partial charge in [-0.05, 0) is 46.6 Å². The van der Waals surface area contributed by atoms with E-state index in [1.807, 2.05) is 43.3 Å². The SMILES string of the molecule is CCOc1ccccc1CNC(=NC)NCc1cc(Br)c(OC)c(OC)c1. The first-order valence-electron chi connectivity index (χ1n) is 8.68. The molecule has 146 valence electrons. The minimum atomic E-state index is 0.589. The number of nitrogens with one attached hydrogen (secondary N) is 2. The van der Waals surface area contributed by atoms with Crippen molar-refractivity contribution in [2.24, 2.45) is 4.99 Å². The Morgan fingerprint density at radius 3 is 2.44 bits per heavy atom. The lowest BCUT2D eigenvalue weighted by Gasteiger charge is -2.16. The van der Waals surface area contributed by atoms with E-state index in [4.69, 9.17) is 14.2 Å². The first-order chi connectivity index (χ1) is 13.1. The van der Waals surface area contributed by atoms with Crippen LogP contribution in [0.1, 0.15) is 18.1 Å². The lowest BCUT2D eigenvalue weighted by atomic mass is 10.2. The van der Waals surface area contributed by atoms with Crippen molar-refractivity contribution in [1.29, 1.82) is 0 Å². The Labute approximate surface area is 169 Å². The van der Waals surface area contributed by atoms with Gasteiger partial charge in [-0.25, -0.2) is 0 Å². The van der Waals surface area contributed by atoms with Crippen molar-refractivity contribution in [2.45, 2.75) is 20.0 Å². The van der Waals surface area contributed by atoms with Gasteiger partial charge < -0.3 is 24.8 Å². The highest BCUT2D eigenvalue weighted by molar-refractivity contribution is 9.10. The fourth-order valence-electron chi connectivity index (χ4n) is 2.60. The standard InChI is InChI=1S/C20H26BrN3O3/c1-5-27-17-9-7-6-8-15(17)13-24-20(22-2)23-12-14-10-16(21)19(26-4)18(11-14)25-3/h6-11H,5,12-13H2,1-4H3,(H2,22,23,24). The smallest absolute Gasteiger partial charge is 0.191 e. The van der Waals surface area contributed by atoms with E-state index in [-0.39, 0.29) is 0 Å². The molecule has 0 saturated heterocycles. The number of hydrogen-bond donors (Lipinski definition) is 2. The second-order valence-electron chi connectivity index (χ2n) is 5.63. The highest BCUT2D eigenvalue weighted by atomic mass is 79.9. The number of aliphatic imine (C=N–C) groups is 1. The number of nitrogens with zero attached hydrogens (tertiary/aromatic N) is 1. The van der Waals surface area contributed by atoms with Crippen LogP contribution in [0.2, 0.25) is 0 Å². The van der Waals surface area contributed by atoms with E-state index in [1.54, 1.807) is 21.3 Å². The number of benzene rings is 2. The third-order valence-electron chi connectivity index (χ3n) is 3.90. The van der Waals surface area contributed by atoms with Gasteiger partial charge in [-0.2, -0.15) is 0 Å². The molecule has 0 spiro atoms. The summed E-state index contributed by atoms with van der Waals surface area (Å²) in [5, 5.41) is 6.62. The van der Waals surface area contributed by atoms with Crippen LogP contribution >= 0.6 is 15.9 Å². The fourth-order valence-corrected chi connectivity index (χ4v) is 3.26. The summed E-state index contributed by atoms with van der Waals surface area (Å²) < 4.78 is 17.2. The summed E-state index contributed by atoms with van der Waals surface area (Å²) in [5.41, 5.74) is 2.12. The average molecular weight is 436 g/mol. The van der Waals surface area contributed by atoms with Gasteiger partial charge in [0.1, 0.15) is 5.75 Å². The molecule has 0 saturated carbocycles. The molecule has 0 aliphatic rings. The second kappa shape index (κ2) is 10.7. The van der Waals surface area contributed by atoms with Crippen LogP contribution in [0.15, 0.2) is 45.9 Å². The molecule has 2 aromatic rings. The van der Waals surface area contributed by atoms with Crippen molar-refractivity contribution in [2.75, 3.05) is 27.9 Å². The summed E-state index contributed by atoms with van der Waals surface area (Å²) in [6.07, 6.45) is 0. The molecule has 0 aliphatic carbocycles. The van der Waals surface area contributed by atoms with Crippen molar-refractivity contribution in [1.82, 2.24) is 10.6 Å². The van der Waals surface area contributed by atoms with E-state index < -0.39 is 0 Å².